The monoisotopic (exact) mass is 658 g/mol. The number of benzene rings is 3. The molecule has 224 valence electrons. The Kier molecular flexibility index (Phi) is 9.51. The van der Waals surface area contributed by atoms with Crippen molar-refractivity contribution in [3.8, 4) is 5.75 Å². The Morgan fingerprint density at radius 2 is 1.57 bits per heavy atom. The van der Waals surface area contributed by atoms with Gasteiger partial charge in [0.05, 0.1) is 17.7 Å². The summed E-state index contributed by atoms with van der Waals surface area (Å²) in [7, 11) is 0. The Labute approximate surface area is 245 Å². The zero-order chi connectivity index (χ0) is 30.5. The molecule has 0 saturated heterocycles. The smallest absolute Gasteiger partial charge is 0.416 e. The first-order chi connectivity index (χ1) is 19.8. The van der Waals surface area contributed by atoms with Crippen molar-refractivity contribution in [3.63, 3.8) is 0 Å². The number of amides is 1. The molecule has 0 bridgehead atoms. The van der Waals surface area contributed by atoms with E-state index < -0.39 is 41.5 Å². The standard InChI is InChI=1S/C29H25BrF6N2O4/c30-23-6-2-18(3-7-23)15-27(17-42-25(38-27)20-4-8-24(9-5-20)41-11-1-10-39)26(40)37-16-19-12-21(28(31,32)33)14-22(13-19)29(34,35)36/h2-9,12-14,39H,1,10-11,15-17H2,(H,37,40)/t27-/m1/s1. The summed E-state index contributed by atoms with van der Waals surface area (Å²) in [6.07, 6.45) is -9.51. The van der Waals surface area contributed by atoms with Gasteiger partial charge in [-0.05, 0) is 65.7 Å². The van der Waals surface area contributed by atoms with Crippen molar-refractivity contribution < 1.29 is 45.7 Å². The predicted molar refractivity (Wildman–Crippen MR) is 145 cm³/mol. The lowest BCUT2D eigenvalue weighted by Gasteiger charge is -2.23. The molecule has 42 heavy (non-hydrogen) atoms. The molecule has 3 aromatic carbocycles. The van der Waals surface area contributed by atoms with Gasteiger partial charge in [-0.25, -0.2) is 4.99 Å². The highest BCUT2D eigenvalue weighted by Gasteiger charge is 2.44. The first-order valence-corrected chi connectivity index (χ1v) is 13.5. The fraction of sp³-hybridized carbons (Fsp3) is 0.310. The van der Waals surface area contributed by atoms with Crippen LogP contribution in [0.25, 0.3) is 0 Å². The Balaban J connectivity index is 1.61. The van der Waals surface area contributed by atoms with E-state index in [0.717, 1.165) is 4.47 Å². The molecule has 0 fully saturated rings. The van der Waals surface area contributed by atoms with Crippen LogP contribution in [0.2, 0.25) is 0 Å². The summed E-state index contributed by atoms with van der Waals surface area (Å²) < 4.78 is 92.0. The van der Waals surface area contributed by atoms with Gasteiger partial charge < -0.3 is 19.9 Å². The van der Waals surface area contributed by atoms with Gasteiger partial charge in [-0.3, -0.25) is 4.79 Å². The van der Waals surface area contributed by atoms with E-state index in [-0.39, 0.29) is 37.2 Å². The van der Waals surface area contributed by atoms with Crippen LogP contribution in [0.3, 0.4) is 0 Å². The first kappa shape index (κ1) is 31.4. The second-order valence-electron chi connectivity index (χ2n) is 9.59. The molecule has 1 heterocycles. The van der Waals surface area contributed by atoms with Crippen LogP contribution < -0.4 is 10.1 Å². The molecule has 4 rings (SSSR count). The van der Waals surface area contributed by atoms with Crippen molar-refractivity contribution in [2.24, 2.45) is 4.99 Å². The molecular weight excluding hydrogens is 634 g/mol. The van der Waals surface area contributed by atoms with Gasteiger partial charge in [0, 0.05) is 36.0 Å². The lowest BCUT2D eigenvalue weighted by atomic mass is 9.91. The zero-order valence-electron chi connectivity index (χ0n) is 21.9. The second-order valence-corrected chi connectivity index (χ2v) is 10.5. The zero-order valence-corrected chi connectivity index (χ0v) is 23.4. The van der Waals surface area contributed by atoms with Gasteiger partial charge in [-0.15, -0.1) is 0 Å². The van der Waals surface area contributed by atoms with Gasteiger partial charge in [0.2, 0.25) is 5.90 Å². The topological polar surface area (TPSA) is 80.2 Å². The number of carbonyl (C=O) groups excluding carboxylic acids is 1. The minimum Gasteiger partial charge on any atom is -0.494 e. The normalized spacial score (nSPS) is 17.0. The number of alkyl halides is 6. The number of hydrogen-bond donors (Lipinski definition) is 2. The Morgan fingerprint density at radius 3 is 2.14 bits per heavy atom. The third kappa shape index (κ3) is 7.82. The predicted octanol–water partition coefficient (Wildman–Crippen LogP) is 6.32. The van der Waals surface area contributed by atoms with Crippen LogP contribution in [0.5, 0.6) is 5.75 Å². The van der Waals surface area contributed by atoms with E-state index in [2.05, 4.69) is 26.2 Å². The van der Waals surface area contributed by atoms with E-state index in [1.807, 2.05) is 0 Å². The quantitative estimate of drug-likeness (QED) is 0.197. The van der Waals surface area contributed by atoms with Gasteiger partial charge >= 0.3 is 12.4 Å². The molecule has 1 atom stereocenters. The van der Waals surface area contributed by atoms with Crippen LogP contribution in [0.4, 0.5) is 26.3 Å². The number of aliphatic hydroxyl groups is 1. The number of nitrogens with zero attached hydrogens (tertiary/aromatic N) is 1. The maximum absolute atomic E-state index is 13.6. The summed E-state index contributed by atoms with van der Waals surface area (Å²) in [4.78, 5) is 18.1. The molecule has 0 radical (unpaired) electrons. The molecule has 0 spiro atoms. The summed E-state index contributed by atoms with van der Waals surface area (Å²) in [5, 5.41) is 11.4. The average Bonchev–Trinajstić information content (AvgIpc) is 3.37. The third-order valence-electron chi connectivity index (χ3n) is 6.37. The number of halogens is 7. The van der Waals surface area contributed by atoms with Gasteiger partial charge in [0.25, 0.3) is 5.91 Å². The Bertz CT molecular complexity index is 1390. The van der Waals surface area contributed by atoms with E-state index >= 15 is 0 Å². The SMILES string of the molecule is O=C(NCc1cc(C(F)(F)F)cc(C(F)(F)F)c1)[C@@]1(Cc2ccc(Br)cc2)COC(c2ccc(OCCCO)cc2)=N1. The highest BCUT2D eigenvalue weighted by molar-refractivity contribution is 9.10. The van der Waals surface area contributed by atoms with Crippen LogP contribution in [0.1, 0.15) is 34.2 Å². The molecule has 3 aromatic rings. The molecule has 1 amide bonds. The van der Waals surface area contributed by atoms with Crippen LogP contribution in [-0.2, 0) is 34.8 Å². The lowest BCUT2D eigenvalue weighted by Crippen LogP contribution is -2.48. The molecule has 0 saturated carbocycles. The number of aliphatic imine (C=N–C) groups is 1. The van der Waals surface area contributed by atoms with Crippen molar-refractivity contribution in [1.82, 2.24) is 5.32 Å². The van der Waals surface area contributed by atoms with E-state index in [1.165, 1.54) is 0 Å². The van der Waals surface area contributed by atoms with E-state index in [4.69, 9.17) is 14.6 Å². The minimum absolute atomic E-state index is 0.0114. The van der Waals surface area contributed by atoms with Crippen molar-refractivity contribution in [3.05, 3.63) is 99.0 Å². The van der Waals surface area contributed by atoms with Crippen LogP contribution in [0, 0.1) is 0 Å². The van der Waals surface area contributed by atoms with Crippen molar-refractivity contribution in [1.29, 1.82) is 0 Å². The molecule has 0 aromatic heterocycles. The van der Waals surface area contributed by atoms with Crippen LogP contribution in [0.15, 0.2) is 76.2 Å². The summed E-state index contributed by atoms with van der Waals surface area (Å²) in [6, 6.07) is 14.9. The number of rotatable bonds is 10. The molecule has 0 unspecified atom stereocenters. The second kappa shape index (κ2) is 12.7. The van der Waals surface area contributed by atoms with E-state index in [9.17, 15) is 31.1 Å². The van der Waals surface area contributed by atoms with Gasteiger partial charge in [0.1, 0.15) is 12.4 Å². The number of carbonyl (C=O) groups is 1. The number of ether oxygens (including phenoxy) is 2. The Morgan fingerprint density at radius 1 is 0.952 bits per heavy atom. The molecule has 1 aliphatic rings. The maximum atomic E-state index is 13.6. The first-order valence-electron chi connectivity index (χ1n) is 12.7. The minimum atomic E-state index is -5.01. The molecular formula is C29H25BrF6N2O4. The number of hydrogen-bond acceptors (Lipinski definition) is 5. The van der Waals surface area contributed by atoms with Gasteiger partial charge in [-0.1, -0.05) is 28.1 Å². The number of aliphatic hydroxyl groups excluding tert-OH is 1. The van der Waals surface area contributed by atoms with Crippen molar-refractivity contribution >= 4 is 27.7 Å². The van der Waals surface area contributed by atoms with Crippen molar-refractivity contribution in [2.75, 3.05) is 19.8 Å². The van der Waals surface area contributed by atoms with E-state index in [0.29, 0.717) is 42.0 Å². The highest BCUT2D eigenvalue weighted by atomic mass is 79.9. The third-order valence-corrected chi connectivity index (χ3v) is 6.90. The Hall–Kier alpha value is -3.58. The fourth-order valence-corrected chi connectivity index (χ4v) is 4.50. The average molecular weight is 659 g/mol. The molecule has 2 N–H and O–H groups in total. The summed E-state index contributed by atoms with van der Waals surface area (Å²) in [5.74, 6) is -0.0399. The fourth-order valence-electron chi connectivity index (χ4n) is 4.24. The molecule has 6 nitrogen and oxygen atoms in total. The van der Waals surface area contributed by atoms with Gasteiger partial charge in [-0.2, -0.15) is 26.3 Å². The molecule has 1 aliphatic heterocycles. The highest BCUT2D eigenvalue weighted by Crippen LogP contribution is 2.36. The molecule has 0 aliphatic carbocycles. The lowest BCUT2D eigenvalue weighted by molar-refractivity contribution is -0.143. The van der Waals surface area contributed by atoms with Crippen LogP contribution in [-0.4, -0.2) is 42.3 Å². The van der Waals surface area contributed by atoms with E-state index in [1.54, 1.807) is 48.5 Å². The molecule has 13 heteroatoms. The largest absolute Gasteiger partial charge is 0.494 e. The van der Waals surface area contributed by atoms with Crippen molar-refractivity contribution in [2.45, 2.75) is 37.3 Å². The summed E-state index contributed by atoms with van der Waals surface area (Å²) in [5.41, 5.74) is -3.63. The summed E-state index contributed by atoms with van der Waals surface area (Å²) >= 11 is 3.34. The van der Waals surface area contributed by atoms with Crippen LogP contribution >= 0.6 is 15.9 Å². The summed E-state index contributed by atoms with van der Waals surface area (Å²) in [6.45, 7) is -0.503. The maximum Gasteiger partial charge on any atom is 0.416 e. The van der Waals surface area contributed by atoms with Gasteiger partial charge in [0.15, 0.2) is 5.54 Å². The number of nitrogens with one attached hydrogen (secondary N) is 1.